The Balaban J connectivity index is 2.18. The van der Waals surface area contributed by atoms with Crippen molar-refractivity contribution in [3.05, 3.63) is 29.3 Å². The molecular weight excluding hydrogens is 212 g/mol. The molecule has 3 N–H and O–H groups in total. The molecule has 0 heterocycles. The summed E-state index contributed by atoms with van der Waals surface area (Å²) in [7, 11) is 0. The Morgan fingerprint density at radius 1 is 1.41 bits per heavy atom. The Bertz CT molecular complexity index is 446. The van der Waals surface area contributed by atoms with Crippen molar-refractivity contribution in [3.63, 3.8) is 0 Å². The lowest BCUT2D eigenvalue weighted by atomic mass is 9.94. The molecule has 3 nitrogen and oxygen atoms in total. The summed E-state index contributed by atoms with van der Waals surface area (Å²) >= 11 is 0. The number of carbonyl (C=O) groups excluding carboxylic acids is 1. The molecule has 1 aromatic rings. The maximum atomic E-state index is 12.0. The lowest BCUT2D eigenvalue weighted by molar-refractivity contribution is -0.129. The normalized spacial score (nSPS) is 18.9. The van der Waals surface area contributed by atoms with Crippen molar-refractivity contribution in [2.45, 2.75) is 39.7 Å². The van der Waals surface area contributed by atoms with Gasteiger partial charge in [-0.2, -0.15) is 0 Å². The minimum atomic E-state index is -0.344. The number of hydrogen-bond acceptors (Lipinski definition) is 2. The highest BCUT2D eigenvalue weighted by molar-refractivity contribution is 5.82. The first-order valence-electron chi connectivity index (χ1n) is 6.08. The Hall–Kier alpha value is -1.51. The first-order chi connectivity index (χ1) is 7.89. The molecule has 2 rings (SSSR count). The van der Waals surface area contributed by atoms with Crippen LogP contribution in [0.3, 0.4) is 0 Å². The van der Waals surface area contributed by atoms with Gasteiger partial charge in [0.05, 0.1) is 6.04 Å². The number of benzene rings is 1. The average Bonchev–Trinajstić information content (AvgIpc) is 2.62. The standard InChI is InChI=1S/C14H20N2O/c1-14(2,3)13(17)16-12-8-7-9-10(12)5-4-6-11(9)15/h4-6,12H,7-8,15H2,1-3H3,(H,16,17). The second kappa shape index (κ2) is 4.06. The smallest absolute Gasteiger partial charge is 0.225 e. The molecule has 0 spiro atoms. The minimum absolute atomic E-state index is 0.0952. The van der Waals surface area contributed by atoms with Crippen LogP contribution in [0.15, 0.2) is 18.2 Å². The maximum absolute atomic E-state index is 12.0. The molecule has 17 heavy (non-hydrogen) atoms. The summed E-state index contributed by atoms with van der Waals surface area (Å²) in [6, 6.07) is 6.06. The lowest BCUT2D eigenvalue weighted by Crippen LogP contribution is -2.36. The van der Waals surface area contributed by atoms with E-state index in [-0.39, 0.29) is 17.4 Å². The number of anilines is 1. The molecular formula is C14H20N2O. The van der Waals surface area contributed by atoms with Crippen LogP contribution in [0.4, 0.5) is 5.69 Å². The molecule has 0 aromatic heterocycles. The maximum Gasteiger partial charge on any atom is 0.225 e. The molecule has 3 heteroatoms. The fourth-order valence-electron chi connectivity index (χ4n) is 2.21. The first-order valence-corrected chi connectivity index (χ1v) is 6.08. The van der Waals surface area contributed by atoms with Crippen LogP contribution in [0, 0.1) is 5.41 Å². The molecule has 0 saturated carbocycles. The number of nitrogens with one attached hydrogen (secondary N) is 1. The van der Waals surface area contributed by atoms with E-state index in [1.807, 2.05) is 32.9 Å². The van der Waals surface area contributed by atoms with Crippen LogP contribution in [0.2, 0.25) is 0 Å². The molecule has 92 valence electrons. The second-order valence-corrected chi connectivity index (χ2v) is 5.73. The van der Waals surface area contributed by atoms with Gasteiger partial charge in [-0.05, 0) is 30.0 Å². The fourth-order valence-corrected chi connectivity index (χ4v) is 2.21. The summed E-state index contributed by atoms with van der Waals surface area (Å²) in [5.41, 5.74) is 8.82. The van der Waals surface area contributed by atoms with Crippen LogP contribution in [0.1, 0.15) is 44.4 Å². The molecule has 0 bridgehead atoms. The molecule has 0 radical (unpaired) electrons. The number of hydrogen-bond donors (Lipinski definition) is 2. The highest BCUT2D eigenvalue weighted by Crippen LogP contribution is 2.35. The van der Waals surface area contributed by atoms with Crippen LogP contribution in [-0.4, -0.2) is 5.91 Å². The van der Waals surface area contributed by atoms with Crippen molar-refractivity contribution in [3.8, 4) is 0 Å². The molecule has 1 aromatic carbocycles. The van der Waals surface area contributed by atoms with Crippen molar-refractivity contribution < 1.29 is 4.79 Å². The predicted octanol–water partition coefficient (Wildman–Crippen LogP) is 2.42. The third-order valence-corrected chi connectivity index (χ3v) is 3.29. The molecule has 0 aliphatic heterocycles. The highest BCUT2D eigenvalue weighted by atomic mass is 16.2. The summed E-state index contributed by atoms with van der Waals surface area (Å²) in [5, 5.41) is 3.11. The number of amides is 1. The van der Waals surface area contributed by atoms with Gasteiger partial charge in [-0.25, -0.2) is 0 Å². The monoisotopic (exact) mass is 232 g/mol. The van der Waals surface area contributed by atoms with Gasteiger partial charge in [0.25, 0.3) is 0 Å². The fraction of sp³-hybridized carbons (Fsp3) is 0.500. The zero-order chi connectivity index (χ0) is 12.6. The van der Waals surface area contributed by atoms with Crippen LogP contribution >= 0.6 is 0 Å². The van der Waals surface area contributed by atoms with E-state index in [4.69, 9.17) is 5.73 Å². The highest BCUT2D eigenvalue weighted by Gasteiger charge is 2.29. The van der Waals surface area contributed by atoms with Gasteiger partial charge in [0, 0.05) is 11.1 Å². The third-order valence-electron chi connectivity index (χ3n) is 3.29. The Morgan fingerprint density at radius 2 is 2.12 bits per heavy atom. The Labute approximate surface area is 102 Å². The molecule has 1 atom stereocenters. The zero-order valence-electron chi connectivity index (χ0n) is 10.7. The van der Waals surface area contributed by atoms with Crippen molar-refractivity contribution in [1.29, 1.82) is 0 Å². The van der Waals surface area contributed by atoms with Gasteiger partial charge in [-0.1, -0.05) is 32.9 Å². The average molecular weight is 232 g/mol. The van der Waals surface area contributed by atoms with E-state index in [2.05, 4.69) is 11.4 Å². The van der Waals surface area contributed by atoms with Gasteiger partial charge in [-0.15, -0.1) is 0 Å². The zero-order valence-corrected chi connectivity index (χ0v) is 10.7. The quantitative estimate of drug-likeness (QED) is 0.731. The number of nitrogens with two attached hydrogens (primary N) is 1. The number of carbonyl (C=O) groups is 1. The van der Waals surface area contributed by atoms with Gasteiger partial charge in [0.2, 0.25) is 5.91 Å². The van der Waals surface area contributed by atoms with Crippen LogP contribution in [-0.2, 0) is 11.2 Å². The molecule has 0 saturated heterocycles. The van der Waals surface area contributed by atoms with Gasteiger partial charge in [-0.3, -0.25) is 4.79 Å². The van der Waals surface area contributed by atoms with E-state index in [1.54, 1.807) is 0 Å². The van der Waals surface area contributed by atoms with Crippen molar-refractivity contribution in [1.82, 2.24) is 5.32 Å². The predicted molar refractivity (Wildman–Crippen MR) is 69.5 cm³/mol. The van der Waals surface area contributed by atoms with E-state index < -0.39 is 0 Å². The van der Waals surface area contributed by atoms with Crippen LogP contribution in [0.5, 0.6) is 0 Å². The molecule has 1 aliphatic carbocycles. The lowest BCUT2D eigenvalue weighted by Gasteiger charge is -2.22. The van der Waals surface area contributed by atoms with Gasteiger partial charge in [0.1, 0.15) is 0 Å². The van der Waals surface area contributed by atoms with E-state index >= 15 is 0 Å². The summed E-state index contributed by atoms with van der Waals surface area (Å²) in [4.78, 5) is 12.0. The van der Waals surface area contributed by atoms with Gasteiger partial charge in [0.15, 0.2) is 0 Å². The number of nitrogen functional groups attached to an aromatic ring is 1. The van der Waals surface area contributed by atoms with Crippen molar-refractivity contribution in [2.24, 2.45) is 5.41 Å². The summed E-state index contributed by atoms with van der Waals surface area (Å²) in [5.74, 6) is 0.0952. The van der Waals surface area contributed by atoms with Gasteiger partial charge < -0.3 is 11.1 Å². The van der Waals surface area contributed by atoms with Crippen molar-refractivity contribution >= 4 is 11.6 Å². The summed E-state index contributed by atoms with van der Waals surface area (Å²) in [6.07, 6.45) is 1.91. The molecule has 1 unspecified atom stereocenters. The van der Waals surface area contributed by atoms with E-state index in [0.29, 0.717) is 0 Å². The minimum Gasteiger partial charge on any atom is -0.398 e. The molecule has 0 fully saturated rings. The Morgan fingerprint density at radius 3 is 2.76 bits per heavy atom. The first kappa shape index (κ1) is 12.0. The van der Waals surface area contributed by atoms with Gasteiger partial charge >= 0.3 is 0 Å². The Kier molecular flexibility index (Phi) is 2.86. The summed E-state index contributed by atoms with van der Waals surface area (Å²) in [6.45, 7) is 5.78. The topological polar surface area (TPSA) is 55.1 Å². The second-order valence-electron chi connectivity index (χ2n) is 5.73. The van der Waals surface area contributed by atoms with E-state index in [0.717, 1.165) is 18.5 Å². The summed E-state index contributed by atoms with van der Waals surface area (Å²) < 4.78 is 0. The molecule has 1 aliphatic rings. The largest absolute Gasteiger partial charge is 0.398 e. The number of rotatable bonds is 1. The van der Waals surface area contributed by atoms with E-state index in [9.17, 15) is 4.79 Å². The van der Waals surface area contributed by atoms with Crippen molar-refractivity contribution in [2.75, 3.05) is 5.73 Å². The van der Waals surface area contributed by atoms with Crippen LogP contribution in [0.25, 0.3) is 0 Å². The molecule has 1 amide bonds. The SMILES string of the molecule is CC(C)(C)C(=O)NC1CCc2c(N)cccc21. The third kappa shape index (κ3) is 2.28. The van der Waals surface area contributed by atoms with Crippen LogP contribution < -0.4 is 11.1 Å². The van der Waals surface area contributed by atoms with E-state index in [1.165, 1.54) is 11.1 Å². The number of fused-ring (bicyclic) bond motifs is 1.